The fourth-order valence-electron chi connectivity index (χ4n) is 2.57. The molecular weight excluding hydrogens is 264 g/mol. The van der Waals surface area contributed by atoms with Gasteiger partial charge >= 0.3 is 0 Å². The van der Waals surface area contributed by atoms with Crippen molar-refractivity contribution in [3.63, 3.8) is 0 Å². The van der Waals surface area contributed by atoms with Crippen LogP contribution in [0, 0.1) is 11.6 Å². The van der Waals surface area contributed by atoms with E-state index in [1.807, 2.05) is 0 Å². The van der Waals surface area contributed by atoms with Crippen LogP contribution in [-0.4, -0.2) is 23.2 Å². The van der Waals surface area contributed by atoms with Crippen molar-refractivity contribution >= 4 is 5.91 Å². The third-order valence-corrected chi connectivity index (χ3v) is 3.79. The number of rotatable bonds is 3. The van der Waals surface area contributed by atoms with Crippen LogP contribution in [0.3, 0.4) is 0 Å². The van der Waals surface area contributed by atoms with E-state index in [4.69, 9.17) is 0 Å². The molecule has 0 radical (unpaired) electrons. The maximum Gasteiger partial charge on any atom is 0.254 e. The average Bonchev–Trinajstić information content (AvgIpc) is 2.64. The molecule has 3 nitrogen and oxygen atoms in total. The molecule has 1 aromatic carbocycles. The van der Waals surface area contributed by atoms with Crippen LogP contribution in [0.1, 0.15) is 48.9 Å². The van der Waals surface area contributed by atoms with Crippen LogP contribution in [0.15, 0.2) is 18.2 Å². The molecule has 0 atom stereocenters. The Bertz CT molecular complexity index is 483. The molecule has 1 amide bonds. The summed E-state index contributed by atoms with van der Waals surface area (Å²) in [6.07, 6.45) is 5.24. The van der Waals surface area contributed by atoms with Gasteiger partial charge in [-0.2, -0.15) is 0 Å². The number of amides is 1. The summed E-state index contributed by atoms with van der Waals surface area (Å²) in [5.74, 6) is -2.12. The van der Waals surface area contributed by atoms with E-state index in [0.717, 1.165) is 43.9 Å². The molecule has 0 aromatic heterocycles. The van der Waals surface area contributed by atoms with Crippen LogP contribution in [0.4, 0.5) is 8.78 Å². The van der Waals surface area contributed by atoms with Crippen molar-refractivity contribution in [1.82, 2.24) is 5.32 Å². The normalized spacial score (nSPS) is 18.4. The van der Waals surface area contributed by atoms with Crippen molar-refractivity contribution in [3.05, 3.63) is 35.4 Å². The van der Waals surface area contributed by atoms with E-state index in [2.05, 4.69) is 5.32 Å². The predicted molar refractivity (Wildman–Crippen MR) is 71.3 cm³/mol. The number of nitrogens with one attached hydrogen (secondary N) is 1. The number of benzene rings is 1. The van der Waals surface area contributed by atoms with E-state index in [-0.39, 0.29) is 12.1 Å². The highest BCUT2D eigenvalue weighted by Crippen LogP contribution is 2.26. The van der Waals surface area contributed by atoms with Gasteiger partial charge in [0, 0.05) is 6.54 Å². The Hall–Kier alpha value is -1.49. The largest absolute Gasteiger partial charge is 0.388 e. The van der Waals surface area contributed by atoms with Crippen LogP contribution in [0.2, 0.25) is 0 Å². The van der Waals surface area contributed by atoms with Gasteiger partial charge in [-0.3, -0.25) is 4.79 Å². The van der Waals surface area contributed by atoms with Crippen molar-refractivity contribution < 1.29 is 18.7 Å². The third kappa shape index (κ3) is 3.76. The number of carbonyl (C=O) groups excluding carboxylic acids is 1. The molecule has 0 spiro atoms. The van der Waals surface area contributed by atoms with Gasteiger partial charge in [-0.25, -0.2) is 8.78 Å². The maximum absolute atomic E-state index is 13.5. The van der Waals surface area contributed by atoms with Crippen molar-refractivity contribution in [3.8, 4) is 0 Å². The standard InChI is InChI=1S/C15H19F2NO2/c16-11-5-6-13(17)12(9-11)14(19)18-10-15(20)7-3-1-2-4-8-15/h5-6,9,20H,1-4,7-8,10H2,(H,18,19). The third-order valence-electron chi connectivity index (χ3n) is 3.79. The molecule has 2 N–H and O–H groups in total. The zero-order valence-electron chi connectivity index (χ0n) is 11.3. The molecular formula is C15H19F2NO2. The summed E-state index contributed by atoms with van der Waals surface area (Å²) < 4.78 is 26.5. The molecule has 1 aromatic rings. The summed E-state index contributed by atoms with van der Waals surface area (Å²) in [7, 11) is 0. The molecule has 1 fully saturated rings. The number of halogens is 2. The highest BCUT2D eigenvalue weighted by molar-refractivity contribution is 5.94. The lowest BCUT2D eigenvalue weighted by molar-refractivity contribution is 0.0246. The quantitative estimate of drug-likeness (QED) is 0.838. The van der Waals surface area contributed by atoms with Crippen molar-refractivity contribution in [2.24, 2.45) is 0 Å². The van der Waals surface area contributed by atoms with Gasteiger partial charge in [0.25, 0.3) is 5.91 Å². The van der Waals surface area contributed by atoms with Gasteiger partial charge in [-0.15, -0.1) is 0 Å². The molecule has 20 heavy (non-hydrogen) atoms. The Morgan fingerprint density at radius 1 is 1.20 bits per heavy atom. The Morgan fingerprint density at radius 2 is 1.85 bits per heavy atom. The number of aliphatic hydroxyl groups is 1. The van der Waals surface area contributed by atoms with E-state index in [9.17, 15) is 18.7 Å². The van der Waals surface area contributed by atoms with Gasteiger partial charge in [0.1, 0.15) is 11.6 Å². The predicted octanol–water partition coefficient (Wildman–Crippen LogP) is 2.78. The summed E-state index contributed by atoms with van der Waals surface area (Å²) in [6, 6.07) is 2.75. The van der Waals surface area contributed by atoms with Gasteiger partial charge in [-0.05, 0) is 31.0 Å². The average molecular weight is 283 g/mol. The number of hydrogen-bond acceptors (Lipinski definition) is 2. The first-order valence-electron chi connectivity index (χ1n) is 6.96. The SMILES string of the molecule is O=C(NCC1(O)CCCCCC1)c1cc(F)ccc1F. The molecule has 1 aliphatic rings. The molecule has 2 rings (SSSR count). The van der Waals surface area contributed by atoms with Gasteiger partial charge in [0.05, 0.1) is 11.2 Å². The Morgan fingerprint density at radius 3 is 2.50 bits per heavy atom. The molecule has 0 saturated heterocycles. The highest BCUT2D eigenvalue weighted by atomic mass is 19.1. The van der Waals surface area contributed by atoms with E-state index in [0.29, 0.717) is 12.8 Å². The van der Waals surface area contributed by atoms with Gasteiger partial charge in [0.15, 0.2) is 0 Å². The molecule has 0 bridgehead atoms. The molecule has 1 aliphatic carbocycles. The lowest BCUT2D eigenvalue weighted by Crippen LogP contribution is -2.42. The maximum atomic E-state index is 13.5. The van der Waals surface area contributed by atoms with Crippen LogP contribution in [-0.2, 0) is 0 Å². The lowest BCUT2D eigenvalue weighted by Gasteiger charge is -2.26. The topological polar surface area (TPSA) is 49.3 Å². The van der Waals surface area contributed by atoms with Crippen LogP contribution in [0.5, 0.6) is 0 Å². The summed E-state index contributed by atoms with van der Waals surface area (Å²) in [4.78, 5) is 11.9. The van der Waals surface area contributed by atoms with Gasteiger partial charge < -0.3 is 10.4 Å². The minimum absolute atomic E-state index is 0.0712. The summed E-state index contributed by atoms with van der Waals surface area (Å²) in [5, 5.41) is 12.9. The Balaban J connectivity index is 1.99. The molecule has 5 heteroatoms. The van der Waals surface area contributed by atoms with E-state index < -0.39 is 23.1 Å². The summed E-state index contributed by atoms with van der Waals surface area (Å²) in [5.41, 5.74) is -1.27. The minimum Gasteiger partial charge on any atom is -0.388 e. The van der Waals surface area contributed by atoms with Crippen molar-refractivity contribution in [2.75, 3.05) is 6.54 Å². The molecule has 110 valence electrons. The minimum atomic E-state index is -0.935. The zero-order chi connectivity index (χ0) is 14.6. The Labute approximate surface area is 117 Å². The smallest absolute Gasteiger partial charge is 0.254 e. The first kappa shape index (κ1) is 14.9. The molecule has 0 unspecified atom stereocenters. The monoisotopic (exact) mass is 283 g/mol. The second kappa shape index (κ2) is 6.31. The summed E-state index contributed by atoms with van der Waals surface area (Å²) in [6.45, 7) is 0.0712. The molecule has 0 heterocycles. The van der Waals surface area contributed by atoms with E-state index in [1.54, 1.807) is 0 Å². The summed E-state index contributed by atoms with van der Waals surface area (Å²) >= 11 is 0. The second-order valence-corrected chi connectivity index (χ2v) is 5.45. The first-order chi connectivity index (χ1) is 9.50. The second-order valence-electron chi connectivity index (χ2n) is 5.45. The fourth-order valence-corrected chi connectivity index (χ4v) is 2.57. The molecule has 0 aliphatic heterocycles. The van der Waals surface area contributed by atoms with Crippen LogP contribution >= 0.6 is 0 Å². The van der Waals surface area contributed by atoms with E-state index in [1.165, 1.54) is 0 Å². The molecule has 1 saturated carbocycles. The fraction of sp³-hybridized carbons (Fsp3) is 0.533. The first-order valence-corrected chi connectivity index (χ1v) is 6.96. The van der Waals surface area contributed by atoms with Gasteiger partial charge in [-0.1, -0.05) is 25.7 Å². The number of carbonyl (C=O) groups is 1. The van der Waals surface area contributed by atoms with Crippen molar-refractivity contribution in [1.29, 1.82) is 0 Å². The van der Waals surface area contributed by atoms with Crippen LogP contribution in [0.25, 0.3) is 0 Å². The highest BCUT2D eigenvalue weighted by Gasteiger charge is 2.28. The van der Waals surface area contributed by atoms with Gasteiger partial charge in [0.2, 0.25) is 0 Å². The number of hydrogen-bond donors (Lipinski definition) is 2. The van der Waals surface area contributed by atoms with Crippen molar-refractivity contribution in [2.45, 2.75) is 44.1 Å². The zero-order valence-corrected chi connectivity index (χ0v) is 11.3. The van der Waals surface area contributed by atoms with E-state index >= 15 is 0 Å². The Kier molecular flexibility index (Phi) is 4.70. The van der Waals surface area contributed by atoms with Crippen LogP contribution < -0.4 is 5.32 Å². The lowest BCUT2D eigenvalue weighted by atomic mass is 9.94.